The summed E-state index contributed by atoms with van der Waals surface area (Å²) in [7, 11) is 5.08. The Morgan fingerprint density at radius 3 is 2.58 bits per heavy atom. The number of rotatable bonds is 6. The van der Waals surface area contributed by atoms with E-state index in [4.69, 9.17) is 9.47 Å². The van der Waals surface area contributed by atoms with Crippen LogP contribution in [0.4, 0.5) is 4.39 Å². The highest BCUT2D eigenvalue weighted by molar-refractivity contribution is 5.33. The molecule has 0 spiro atoms. The third kappa shape index (κ3) is 2.74. The molecule has 3 nitrogen and oxygen atoms in total. The minimum atomic E-state index is -0.282. The molecule has 1 saturated carbocycles. The number of halogens is 1. The van der Waals surface area contributed by atoms with Gasteiger partial charge in [-0.2, -0.15) is 0 Å². The summed E-state index contributed by atoms with van der Waals surface area (Å²) in [6, 6.07) is 5.21. The molecule has 1 N–H and O–H groups in total. The first-order valence-electron chi connectivity index (χ1n) is 6.70. The average molecular weight is 267 g/mol. The summed E-state index contributed by atoms with van der Waals surface area (Å²) in [5.41, 5.74) is 0.550. The van der Waals surface area contributed by atoms with Crippen molar-refractivity contribution in [3.8, 4) is 5.75 Å². The largest absolute Gasteiger partial charge is 0.494 e. The zero-order valence-electron chi connectivity index (χ0n) is 11.8. The quantitative estimate of drug-likeness (QED) is 0.859. The van der Waals surface area contributed by atoms with Crippen LogP contribution in [-0.2, 0) is 4.74 Å². The Balaban J connectivity index is 2.22. The van der Waals surface area contributed by atoms with Gasteiger partial charge in [0, 0.05) is 18.7 Å². The Kier molecular flexibility index (Phi) is 4.42. The third-order valence-electron chi connectivity index (χ3n) is 4.21. The molecule has 1 unspecified atom stereocenters. The lowest BCUT2D eigenvalue weighted by atomic mass is 9.74. The number of hydrogen-bond donors (Lipinski definition) is 1. The van der Waals surface area contributed by atoms with Gasteiger partial charge in [-0.05, 0) is 38.8 Å². The van der Waals surface area contributed by atoms with Gasteiger partial charge in [0.05, 0.1) is 12.7 Å². The predicted octanol–water partition coefficient (Wildman–Crippen LogP) is 3.05. The zero-order valence-corrected chi connectivity index (χ0v) is 11.8. The molecule has 1 aromatic rings. The average Bonchev–Trinajstić information content (AvgIpc) is 2.39. The SMILES string of the molecule is CNC(CC1(OC)CCC1)c1cccc(OC)c1F. The lowest BCUT2D eigenvalue weighted by Crippen LogP contribution is -2.42. The minimum Gasteiger partial charge on any atom is -0.494 e. The molecule has 0 aliphatic heterocycles. The molecular formula is C15H22FNO2. The first kappa shape index (κ1) is 14.3. The van der Waals surface area contributed by atoms with Crippen LogP contribution in [0.15, 0.2) is 18.2 Å². The summed E-state index contributed by atoms with van der Waals surface area (Å²) in [6.45, 7) is 0. The Bertz CT molecular complexity index is 427. The molecule has 0 heterocycles. The van der Waals surface area contributed by atoms with Crippen LogP contribution in [0.1, 0.15) is 37.3 Å². The first-order valence-corrected chi connectivity index (χ1v) is 6.70. The van der Waals surface area contributed by atoms with Gasteiger partial charge in [-0.1, -0.05) is 12.1 Å². The van der Waals surface area contributed by atoms with Gasteiger partial charge in [0.1, 0.15) is 0 Å². The molecule has 1 atom stereocenters. The predicted molar refractivity (Wildman–Crippen MR) is 73.0 cm³/mol. The van der Waals surface area contributed by atoms with E-state index in [9.17, 15) is 4.39 Å². The molecule has 1 fully saturated rings. The van der Waals surface area contributed by atoms with Crippen molar-refractivity contribution in [1.82, 2.24) is 5.32 Å². The number of benzene rings is 1. The van der Waals surface area contributed by atoms with Gasteiger partial charge in [0.2, 0.25) is 0 Å². The Morgan fingerprint density at radius 1 is 1.37 bits per heavy atom. The van der Waals surface area contributed by atoms with E-state index in [1.165, 1.54) is 13.5 Å². The molecule has 1 aliphatic carbocycles. The highest BCUT2D eigenvalue weighted by atomic mass is 19.1. The van der Waals surface area contributed by atoms with E-state index >= 15 is 0 Å². The highest BCUT2D eigenvalue weighted by Crippen LogP contribution is 2.42. The molecule has 0 radical (unpaired) electrons. The van der Waals surface area contributed by atoms with E-state index in [-0.39, 0.29) is 23.2 Å². The molecule has 2 rings (SSSR count). The molecule has 1 aliphatic rings. The maximum absolute atomic E-state index is 14.3. The Labute approximate surface area is 114 Å². The van der Waals surface area contributed by atoms with Gasteiger partial charge in [0.15, 0.2) is 11.6 Å². The summed E-state index contributed by atoms with van der Waals surface area (Å²) >= 11 is 0. The van der Waals surface area contributed by atoms with Crippen LogP contribution in [0, 0.1) is 5.82 Å². The molecule has 0 bridgehead atoms. The molecule has 0 saturated heterocycles. The molecule has 0 aromatic heterocycles. The van der Waals surface area contributed by atoms with E-state index in [2.05, 4.69) is 5.32 Å². The van der Waals surface area contributed by atoms with Gasteiger partial charge in [-0.15, -0.1) is 0 Å². The van der Waals surface area contributed by atoms with Gasteiger partial charge in [-0.25, -0.2) is 4.39 Å². The monoisotopic (exact) mass is 267 g/mol. The van der Waals surface area contributed by atoms with Crippen molar-refractivity contribution in [3.63, 3.8) is 0 Å². The lowest BCUT2D eigenvalue weighted by Gasteiger charge is -2.43. The second kappa shape index (κ2) is 5.88. The Hall–Kier alpha value is -1.13. The summed E-state index contributed by atoms with van der Waals surface area (Å²) in [5.74, 6) is 0.00718. The fraction of sp³-hybridized carbons (Fsp3) is 0.600. The van der Waals surface area contributed by atoms with Crippen molar-refractivity contribution >= 4 is 0 Å². The van der Waals surface area contributed by atoms with Crippen molar-refractivity contribution in [2.45, 2.75) is 37.3 Å². The number of ether oxygens (including phenoxy) is 2. The maximum atomic E-state index is 14.3. The van der Waals surface area contributed by atoms with Crippen LogP contribution in [0.25, 0.3) is 0 Å². The van der Waals surface area contributed by atoms with Gasteiger partial charge >= 0.3 is 0 Å². The van der Waals surface area contributed by atoms with Crippen LogP contribution >= 0.6 is 0 Å². The standard InChI is InChI=1S/C15H22FNO2/c1-17-12(10-15(19-3)8-5-9-15)11-6-4-7-13(18-2)14(11)16/h4,6-7,12,17H,5,8-10H2,1-3H3. The molecular weight excluding hydrogens is 245 g/mol. The fourth-order valence-electron chi connectivity index (χ4n) is 2.76. The summed E-state index contributed by atoms with van der Waals surface area (Å²) in [5, 5.41) is 3.19. The summed E-state index contributed by atoms with van der Waals surface area (Å²) < 4.78 is 25.0. The van der Waals surface area contributed by atoms with Crippen LogP contribution in [0.5, 0.6) is 5.75 Å². The third-order valence-corrected chi connectivity index (χ3v) is 4.21. The second-order valence-corrected chi connectivity index (χ2v) is 5.15. The van der Waals surface area contributed by atoms with E-state index in [0.29, 0.717) is 5.56 Å². The van der Waals surface area contributed by atoms with Crippen LogP contribution in [-0.4, -0.2) is 26.9 Å². The van der Waals surface area contributed by atoms with Crippen LogP contribution in [0.3, 0.4) is 0 Å². The van der Waals surface area contributed by atoms with E-state index in [1.54, 1.807) is 19.2 Å². The van der Waals surface area contributed by atoms with Gasteiger partial charge in [0.25, 0.3) is 0 Å². The van der Waals surface area contributed by atoms with Gasteiger partial charge in [-0.3, -0.25) is 0 Å². The van der Waals surface area contributed by atoms with Crippen molar-refractivity contribution in [1.29, 1.82) is 0 Å². The van der Waals surface area contributed by atoms with Crippen molar-refractivity contribution in [2.75, 3.05) is 21.3 Å². The number of hydrogen-bond acceptors (Lipinski definition) is 3. The fourth-order valence-corrected chi connectivity index (χ4v) is 2.76. The summed E-state index contributed by atoms with van der Waals surface area (Å²) in [4.78, 5) is 0. The van der Waals surface area contributed by atoms with Crippen molar-refractivity contribution < 1.29 is 13.9 Å². The number of methoxy groups -OCH3 is 2. The normalized spacial score (nSPS) is 18.7. The Morgan fingerprint density at radius 2 is 2.11 bits per heavy atom. The van der Waals surface area contributed by atoms with Crippen LogP contribution < -0.4 is 10.1 Å². The lowest BCUT2D eigenvalue weighted by molar-refractivity contribution is -0.0836. The molecule has 0 amide bonds. The maximum Gasteiger partial charge on any atom is 0.169 e. The first-order chi connectivity index (χ1) is 9.15. The molecule has 19 heavy (non-hydrogen) atoms. The number of nitrogens with one attached hydrogen (secondary N) is 1. The van der Waals surface area contributed by atoms with Crippen molar-refractivity contribution in [2.24, 2.45) is 0 Å². The van der Waals surface area contributed by atoms with Crippen LogP contribution in [0.2, 0.25) is 0 Å². The topological polar surface area (TPSA) is 30.5 Å². The zero-order chi connectivity index (χ0) is 13.9. The summed E-state index contributed by atoms with van der Waals surface area (Å²) in [6.07, 6.45) is 4.06. The van der Waals surface area contributed by atoms with Gasteiger partial charge < -0.3 is 14.8 Å². The van der Waals surface area contributed by atoms with E-state index < -0.39 is 0 Å². The smallest absolute Gasteiger partial charge is 0.169 e. The molecule has 106 valence electrons. The van der Waals surface area contributed by atoms with Crippen molar-refractivity contribution in [3.05, 3.63) is 29.6 Å². The van der Waals surface area contributed by atoms with E-state index in [0.717, 1.165) is 19.3 Å². The molecule has 1 aromatic carbocycles. The highest BCUT2D eigenvalue weighted by Gasteiger charge is 2.39. The molecule has 4 heteroatoms. The second-order valence-electron chi connectivity index (χ2n) is 5.15. The minimum absolute atomic E-state index is 0.0599. The van der Waals surface area contributed by atoms with E-state index in [1.807, 2.05) is 13.1 Å².